The van der Waals surface area contributed by atoms with E-state index in [0.29, 0.717) is 11.5 Å². The summed E-state index contributed by atoms with van der Waals surface area (Å²) in [7, 11) is 0. The Hall–Kier alpha value is -4.05. The normalized spacial score (nSPS) is 20.6. The van der Waals surface area contributed by atoms with Crippen LogP contribution in [0.3, 0.4) is 0 Å². The van der Waals surface area contributed by atoms with Gasteiger partial charge in [-0.05, 0) is 34.9 Å². The average Bonchev–Trinajstić information content (AvgIpc) is 3.53. The van der Waals surface area contributed by atoms with Crippen LogP contribution in [-0.4, -0.2) is 61.4 Å². The van der Waals surface area contributed by atoms with Crippen LogP contribution in [0.25, 0.3) is 11.1 Å². The van der Waals surface area contributed by atoms with Gasteiger partial charge in [0.05, 0.1) is 11.8 Å². The number of β-amino-alcohol motifs (C(OH)–C–C–N with tert-alkyl or cyclic N) is 1. The predicted octanol–water partition coefficient (Wildman–Crippen LogP) is 2.71. The van der Waals surface area contributed by atoms with Gasteiger partial charge in [0.2, 0.25) is 17.7 Å². The van der Waals surface area contributed by atoms with E-state index in [4.69, 9.17) is 5.73 Å². The highest BCUT2D eigenvalue weighted by Crippen LogP contribution is 2.40. The molecular formula is C30H36N6O4. The molecule has 0 radical (unpaired) electrons. The number of hydrogen-bond acceptors (Lipinski definition) is 6. The minimum atomic E-state index is -1.10. The molecule has 4 atom stereocenters. The number of rotatable bonds is 8. The molecule has 40 heavy (non-hydrogen) atoms. The fourth-order valence-corrected chi connectivity index (χ4v) is 5.38. The van der Waals surface area contributed by atoms with E-state index >= 15 is 0 Å². The lowest BCUT2D eigenvalue weighted by Gasteiger charge is -2.34. The van der Waals surface area contributed by atoms with Crippen molar-refractivity contribution in [3.63, 3.8) is 0 Å². The number of amides is 3. The van der Waals surface area contributed by atoms with Gasteiger partial charge >= 0.3 is 0 Å². The Bertz CT molecular complexity index is 1380. The Balaban J connectivity index is 1.35. The van der Waals surface area contributed by atoms with E-state index in [-0.39, 0.29) is 18.9 Å². The fourth-order valence-electron chi connectivity index (χ4n) is 5.38. The molecule has 1 aromatic heterocycles. The van der Waals surface area contributed by atoms with Crippen molar-refractivity contribution in [3.8, 4) is 11.1 Å². The topological polar surface area (TPSA) is 143 Å². The first kappa shape index (κ1) is 27.5. The lowest BCUT2D eigenvalue weighted by atomic mass is 9.85. The fraction of sp³-hybridized carbons (Fsp3) is 0.433. The van der Waals surface area contributed by atoms with Gasteiger partial charge < -0.3 is 21.1 Å². The quantitative estimate of drug-likeness (QED) is 0.398. The van der Waals surface area contributed by atoms with Gasteiger partial charge in [0.25, 0.3) is 0 Å². The van der Waals surface area contributed by atoms with Crippen molar-refractivity contribution < 1.29 is 19.5 Å². The zero-order valence-electron chi connectivity index (χ0n) is 23.0. The van der Waals surface area contributed by atoms with Crippen molar-refractivity contribution in [2.75, 3.05) is 6.54 Å². The maximum atomic E-state index is 14.0. The molecule has 1 aliphatic carbocycles. The Labute approximate surface area is 233 Å². The van der Waals surface area contributed by atoms with Crippen molar-refractivity contribution in [1.29, 1.82) is 0 Å². The molecule has 1 saturated carbocycles. The third kappa shape index (κ3) is 5.77. The molecule has 2 fully saturated rings. The molecule has 2 heterocycles. The summed E-state index contributed by atoms with van der Waals surface area (Å²) in [4.78, 5) is 41.3. The van der Waals surface area contributed by atoms with E-state index in [1.165, 1.54) is 4.90 Å². The number of hydrogen-bond donors (Lipinski definition) is 3. The summed E-state index contributed by atoms with van der Waals surface area (Å²) in [5, 5.41) is 21.8. The molecule has 3 aromatic rings. The lowest BCUT2D eigenvalue weighted by Crippen LogP contribution is -2.52. The monoisotopic (exact) mass is 544 g/mol. The van der Waals surface area contributed by atoms with E-state index in [2.05, 4.69) is 15.6 Å². The van der Waals surface area contributed by atoms with E-state index in [9.17, 15) is 19.5 Å². The summed E-state index contributed by atoms with van der Waals surface area (Å²) in [5.74, 6) is -1.23. The number of nitrogens with one attached hydrogen (secondary N) is 1. The van der Waals surface area contributed by atoms with E-state index < -0.39 is 41.5 Å². The third-order valence-electron chi connectivity index (χ3n) is 7.63. The summed E-state index contributed by atoms with van der Waals surface area (Å²) in [6.07, 6.45) is 3.11. The second-order valence-corrected chi connectivity index (χ2v) is 11.9. The van der Waals surface area contributed by atoms with Gasteiger partial charge in [-0.25, -0.2) is 4.68 Å². The first-order chi connectivity index (χ1) is 19.0. The van der Waals surface area contributed by atoms with Crippen LogP contribution in [0.5, 0.6) is 0 Å². The van der Waals surface area contributed by atoms with Crippen LogP contribution in [0.2, 0.25) is 0 Å². The van der Waals surface area contributed by atoms with Crippen LogP contribution in [0.1, 0.15) is 69.3 Å². The van der Waals surface area contributed by atoms with Gasteiger partial charge in [0, 0.05) is 25.1 Å². The van der Waals surface area contributed by atoms with Gasteiger partial charge in [-0.1, -0.05) is 80.6 Å². The summed E-state index contributed by atoms with van der Waals surface area (Å²) in [6, 6.07) is 14.2. The maximum Gasteiger partial charge on any atom is 0.248 e. The molecule has 2 aliphatic rings. The number of aliphatic hydroxyl groups excluding tert-OH is 1. The van der Waals surface area contributed by atoms with E-state index in [0.717, 1.165) is 29.7 Å². The highest BCUT2D eigenvalue weighted by Gasteiger charge is 2.46. The highest BCUT2D eigenvalue weighted by atomic mass is 16.3. The summed E-state index contributed by atoms with van der Waals surface area (Å²) in [5.41, 5.74) is 8.52. The Morgan fingerprint density at radius 3 is 2.27 bits per heavy atom. The minimum Gasteiger partial charge on any atom is -0.391 e. The smallest absolute Gasteiger partial charge is 0.248 e. The van der Waals surface area contributed by atoms with E-state index in [1.54, 1.807) is 16.8 Å². The standard InChI is InChI=1S/C30H36N6O4/c1-30(2,3)26(36-17-23(33-34-36)20-11-12-20)29(40)35-16-22(37)15-24(35)28(39)32-25(27(31)38)21-13-9-19(10-14-21)18-7-5-4-6-8-18/h4-10,13-14,17,20,22,24-26,37H,11-12,15-16H2,1-3H3,(H2,31,38)(H,32,39). The second-order valence-electron chi connectivity index (χ2n) is 11.9. The first-order valence-corrected chi connectivity index (χ1v) is 13.7. The van der Waals surface area contributed by atoms with Crippen LogP contribution >= 0.6 is 0 Å². The Kier molecular flexibility index (Phi) is 7.46. The molecule has 210 valence electrons. The number of nitrogens with two attached hydrogens (primary N) is 1. The Morgan fingerprint density at radius 2 is 1.68 bits per heavy atom. The van der Waals surface area contributed by atoms with Crippen LogP contribution in [-0.2, 0) is 14.4 Å². The molecule has 0 bridgehead atoms. The van der Waals surface area contributed by atoms with Gasteiger partial charge in [-0.2, -0.15) is 0 Å². The molecule has 2 aromatic carbocycles. The summed E-state index contributed by atoms with van der Waals surface area (Å²) in [6.45, 7) is 5.79. The molecule has 10 nitrogen and oxygen atoms in total. The maximum absolute atomic E-state index is 14.0. The Morgan fingerprint density at radius 1 is 1.02 bits per heavy atom. The van der Waals surface area contributed by atoms with Gasteiger partial charge in [-0.15, -0.1) is 5.10 Å². The second kappa shape index (κ2) is 10.8. The van der Waals surface area contributed by atoms with Gasteiger partial charge in [-0.3, -0.25) is 14.4 Å². The molecule has 1 saturated heterocycles. The molecular weight excluding hydrogens is 508 g/mol. The molecule has 5 rings (SSSR count). The molecule has 4 unspecified atom stereocenters. The number of aromatic nitrogens is 3. The predicted molar refractivity (Wildman–Crippen MR) is 149 cm³/mol. The highest BCUT2D eigenvalue weighted by molar-refractivity contribution is 5.93. The number of carbonyl (C=O) groups is 3. The van der Waals surface area contributed by atoms with Crippen molar-refractivity contribution in [2.24, 2.45) is 11.1 Å². The molecule has 1 aliphatic heterocycles. The van der Waals surface area contributed by atoms with E-state index in [1.807, 2.05) is 69.4 Å². The zero-order chi connectivity index (χ0) is 28.6. The minimum absolute atomic E-state index is 0.000685. The van der Waals surface area contributed by atoms with Crippen molar-refractivity contribution >= 4 is 17.7 Å². The molecule has 4 N–H and O–H groups in total. The SMILES string of the molecule is CC(C)(C)C(C(=O)N1CC(O)CC1C(=O)NC(C(N)=O)c1ccc(-c2ccccc2)cc1)n1cc(C2CC2)nn1. The van der Waals surface area contributed by atoms with Crippen LogP contribution in [0, 0.1) is 5.41 Å². The largest absolute Gasteiger partial charge is 0.391 e. The van der Waals surface area contributed by atoms with Crippen molar-refractivity contribution in [1.82, 2.24) is 25.2 Å². The van der Waals surface area contributed by atoms with Crippen LogP contribution < -0.4 is 11.1 Å². The molecule has 10 heteroatoms. The van der Waals surface area contributed by atoms with Gasteiger partial charge in [0.15, 0.2) is 0 Å². The zero-order valence-corrected chi connectivity index (χ0v) is 23.0. The molecule has 0 spiro atoms. The van der Waals surface area contributed by atoms with Crippen molar-refractivity contribution in [3.05, 3.63) is 72.1 Å². The third-order valence-corrected chi connectivity index (χ3v) is 7.63. The first-order valence-electron chi connectivity index (χ1n) is 13.7. The number of carbonyl (C=O) groups excluding carboxylic acids is 3. The number of primary amides is 1. The van der Waals surface area contributed by atoms with Crippen LogP contribution in [0.4, 0.5) is 0 Å². The number of nitrogens with zero attached hydrogens (tertiary/aromatic N) is 4. The summed E-state index contributed by atoms with van der Waals surface area (Å²) < 4.78 is 1.58. The number of likely N-dealkylation sites (tertiary alicyclic amines) is 1. The number of aliphatic hydroxyl groups is 1. The number of benzene rings is 2. The van der Waals surface area contributed by atoms with Crippen LogP contribution in [0.15, 0.2) is 60.8 Å². The van der Waals surface area contributed by atoms with Crippen molar-refractivity contribution in [2.45, 2.75) is 70.2 Å². The lowest BCUT2D eigenvalue weighted by molar-refractivity contribution is -0.144. The van der Waals surface area contributed by atoms with Gasteiger partial charge in [0.1, 0.15) is 18.1 Å². The summed E-state index contributed by atoms with van der Waals surface area (Å²) >= 11 is 0. The average molecular weight is 545 g/mol. The molecule has 3 amide bonds.